The largest absolute Gasteiger partial charge is 0.497 e. The lowest BCUT2D eigenvalue weighted by Gasteiger charge is -2.39. The van der Waals surface area contributed by atoms with Crippen molar-refractivity contribution in [3.05, 3.63) is 24.3 Å². The standard InChI is InChI=1S/C21H34N4O3S/c1-5-22-20(25-11-12-29(26,27)21(2,3)16-25)23-14-17-9-10-24(15-17)18-7-6-8-19(13-18)28-4/h6-8,13,17H,5,9-12,14-16H2,1-4H3,(H,22,23). The van der Waals surface area contributed by atoms with Crippen LogP contribution < -0.4 is 15.0 Å². The Morgan fingerprint density at radius 2 is 2.14 bits per heavy atom. The van der Waals surface area contributed by atoms with Gasteiger partial charge in [-0.1, -0.05) is 6.07 Å². The number of nitrogens with one attached hydrogen (secondary N) is 1. The fourth-order valence-corrected chi connectivity index (χ4v) is 5.36. The van der Waals surface area contributed by atoms with Gasteiger partial charge < -0.3 is 19.9 Å². The average Bonchev–Trinajstić information content (AvgIpc) is 3.16. The highest BCUT2D eigenvalue weighted by Gasteiger charge is 2.41. The number of anilines is 1. The maximum absolute atomic E-state index is 12.3. The molecule has 0 radical (unpaired) electrons. The van der Waals surface area contributed by atoms with Crippen LogP contribution >= 0.6 is 0 Å². The van der Waals surface area contributed by atoms with Crippen molar-refractivity contribution >= 4 is 21.5 Å². The summed E-state index contributed by atoms with van der Waals surface area (Å²) in [5.74, 6) is 2.37. The van der Waals surface area contributed by atoms with Crippen LogP contribution in [-0.4, -0.2) is 76.2 Å². The summed E-state index contributed by atoms with van der Waals surface area (Å²) in [5.41, 5.74) is 1.19. The van der Waals surface area contributed by atoms with Gasteiger partial charge in [0.05, 0.1) is 17.6 Å². The molecule has 2 heterocycles. The molecule has 0 aliphatic carbocycles. The van der Waals surface area contributed by atoms with Crippen molar-refractivity contribution in [3.63, 3.8) is 0 Å². The number of nitrogens with zero attached hydrogens (tertiary/aromatic N) is 3. The molecule has 0 aromatic heterocycles. The number of aliphatic imine (C=N–C) groups is 1. The highest BCUT2D eigenvalue weighted by atomic mass is 32.2. The molecule has 2 aliphatic rings. The number of hydrogen-bond donors (Lipinski definition) is 1. The molecule has 2 saturated heterocycles. The van der Waals surface area contributed by atoms with Crippen molar-refractivity contribution in [3.8, 4) is 5.75 Å². The molecular formula is C21H34N4O3S. The Morgan fingerprint density at radius 1 is 1.34 bits per heavy atom. The van der Waals surface area contributed by atoms with Gasteiger partial charge in [0.25, 0.3) is 0 Å². The summed E-state index contributed by atoms with van der Waals surface area (Å²) < 4.78 is 29.2. The van der Waals surface area contributed by atoms with Gasteiger partial charge in [-0.2, -0.15) is 0 Å². The molecule has 1 unspecified atom stereocenters. The highest BCUT2D eigenvalue weighted by Crippen LogP contribution is 2.27. The third-order valence-corrected chi connectivity index (χ3v) is 8.41. The van der Waals surface area contributed by atoms with Crippen LogP contribution in [0.5, 0.6) is 5.75 Å². The lowest BCUT2D eigenvalue weighted by molar-refractivity contribution is 0.352. The van der Waals surface area contributed by atoms with Crippen molar-refractivity contribution in [2.45, 2.75) is 31.9 Å². The van der Waals surface area contributed by atoms with Crippen LogP contribution in [0, 0.1) is 5.92 Å². The molecule has 7 nitrogen and oxygen atoms in total. The number of guanidine groups is 1. The van der Waals surface area contributed by atoms with Gasteiger partial charge in [0, 0.05) is 51.0 Å². The van der Waals surface area contributed by atoms with E-state index < -0.39 is 14.6 Å². The minimum absolute atomic E-state index is 0.178. The van der Waals surface area contributed by atoms with E-state index in [9.17, 15) is 8.42 Å². The van der Waals surface area contributed by atoms with Crippen molar-refractivity contribution in [1.29, 1.82) is 0 Å². The van der Waals surface area contributed by atoms with Crippen molar-refractivity contribution < 1.29 is 13.2 Å². The summed E-state index contributed by atoms with van der Waals surface area (Å²) in [4.78, 5) is 9.36. The second-order valence-corrected chi connectivity index (χ2v) is 11.2. The smallest absolute Gasteiger partial charge is 0.194 e. The number of sulfone groups is 1. The Balaban J connectivity index is 1.64. The monoisotopic (exact) mass is 422 g/mol. The maximum Gasteiger partial charge on any atom is 0.194 e. The van der Waals surface area contributed by atoms with Crippen molar-refractivity contribution in [2.24, 2.45) is 10.9 Å². The third-order valence-electron chi connectivity index (χ3n) is 5.88. The predicted octanol–water partition coefficient (Wildman–Crippen LogP) is 2.00. The minimum atomic E-state index is -3.06. The summed E-state index contributed by atoms with van der Waals surface area (Å²) in [5, 5.41) is 3.35. The van der Waals surface area contributed by atoms with Gasteiger partial charge in [0.15, 0.2) is 15.8 Å². The summed E-state index contributed by atoms with van der Waals surface area (Å²) in [7, 11) is -1.37. The summed E-state index contributed by atoms with van der Waals surface area (Å²) >= 11 is 0. The van der Waals surface area contributed by atoms with Gasteiger partial charge in [0.1, 0.15) is 5.75 Å². The zero-order valence-corrected chi connectivity index (χ0v) is 18.8. The lowest BCUT2D eigenvalue weighted by atomic mass is 10.1. The fourth-order valence-electron chi connectivity index (χ4n) is 3.99. The maximum atomic E-state index is 12.3. The van der Waals surface area contributed by atoms with Gasteiger partial charge in [-0.05, 0) is 45.2 Å². The van der Waals surface area contributed by atoms with Crippen LogP contribution in [0.1, 0.15) is 27.2 Å². The molecule has 162 valence electrons. The van der Waals surface area contributed by atoms with E-state index in [-0.39, 0.29) is 5.75 Å². The molecule has 0 saturated carbocycles. The van der Waals surface area contributed by atoms with Gasteiger partial charge in [0.2, 0.25) is 0 Å². The summed E-state index contributed by atoms with van der Waals surface area (Å²) in [6.07, 6.45) is 1.10. The second kappa shape index (κ2) is 8.81. The normalized spacial score (nSPS) is 23.9. The van der Waals surface area contributed by atoms with Crippen LogP contribution in [0.3, 0.4) is 0 Å². The Bertz CT molecular complexity index is 838. The first-order valence-corrected chi connectivity index (χ1v) is 12.1. The Kier molecular flexibility index (Phi) is 6.61. The molecule has 1 atom stereocenters. The molecule has 1 aromatic rings. The molecule has 0 amide bonds. The average molecular weight is 423 g/mol. The Labute approximate surface area is 175 Å². The van der Waals surface area contributed by atoms with Gasteiger partial charge >= 0.3 is 0 Å². The van der Waals surface area contributed by atoms with Crippen LogP contribution in [-0.2, 0) is 9.84 Å². The number of hydrogen-bond acceptors (Lipinski definition) is 5. The number of ether oxygens (including phenoxy) is 1. The van der Waals surface area contributed by atoms with E-state index in [1.807, 2.05) is 19.1 Å². The van der Waals surface area contributed by atoms with Crippen molar-refractivity contribution in [2.75, 3.05) is 57.0 Å². The quantitative estimate of drug-likeness (QED) is 0.578. The highest BCUT2D eigenvalue weighted by molar-refractivity contribution is 7.92. The lowest BCUT2D eigenvalue weighted by Crippen LogP contribution is -2.57. The summed E-state index contributed by atoms with van der Waals surface area (Å²) in [6.45, 7) is 10.1. The van der Waals surface area contributed by atoms with Crippen LogP contribution in [0.15, 0.2) is 29.3 Å². The van der Waals surface area contributed by atoms with E-state index in [1.165, 1.54) is 5.69 Å². The molecule has 8 heteroatoms. The first kappa shape index (κ1) is 21.7. The van der Waals surface area contributed by atoms with Gasteiger partial charge in [-0.25, -0.2) is 8.42 Å². The second-order valence-electron chi connectivity index (χ2n) is 8.50. The Hall–Kier alpha value is -1.96. The number of methoxy groups -OCH3 is 1. The van der Waals surface area contributed by atoms with Crippen molar-refractivity contribution in [1.82, 2.24) is 10.2 Å². The molecule has 29 heavy (non-hydrogen) atoms. The van der Waals surface area contributed by atoms with Crippen LogP contribution in [0.4, 0.5) is 5.69 Å². The van der Waals surface area contributed by atoms with Gasteiger partial charge in [-0.15, -0.1) is 0 Å². The zero-order chi connectivity index (χ0) is 21.1. The molecule has 0 spiro atoms. The van der Waals surface area contributed by atoms with E-state index in [4.69, 9.17) is 9.73 Å². The number of rotatable bonds is 5. The Morgan fingerprint density at radius 3 is 2.83 bits per heavy atom. The number of benzene rings is 1. The molecule has 0 bridgehead atoms. The van der Waals surface area contributed by atoms with E-state index in [2.05, 4.69) is 27.2 Å². The molecule has 3 rings (SSSR count). The van der Waals surface area contributed by atoms with E-state index in [1.54, 1.807) is 21.0 Å². The SMILES string of the molecule is CCNC(=NCC1CCN(c2cccc(OC)c2)C1)N1CCS(=O)(=O)C(C)(C)C1. The molecule has 1 N–H and O–H groups in total. The van der Waals surface area contributed by atoms with Crippen LogP contribution in [0.25, 0.3) is 0 Å². The van der Waals surface area contributed by atoms with E-state index >= 15 is 0 Å². The summed E-state index contributed by atoms with van der Waals surface area (Å²) in [6, 6.07) is 8.18. The third kappa shape index (κ3) is 4.97. The molecular weight excluding hydrogens is 388 g/mol. The van der Waals surface area contributed by atoms with Gasteiger partial charge in [-0.3, -0.25) is 4.99 Å². The van der Waals surface area contributed by atoms with E-state index in [0.717, 1.165) is 44.3 Å². The topological polar surface area (TPSA) is 74.2 Å². The minimum Gasteiger partial charge on any atom is -0.497 e. The predicted molar refractivity (Wildman–Crippen MR) is 119 cm³/mol. The zero-order valence-electron chi connectivity index (χ0n) is 18.0. The first-order valence-electron chi connectivity index (χ1n) is 10.4. The first-order chi connectivity index (χ1) is 13.8. The van der Waals surface area contributed by atoms with Crippen LogP contribution in [0.2, 0.25) is 0 Å². The molecule has 2 aliphatic heterocycles. The molecule has 1 aromatic carbocycles. The van der Waals surface area contributed by atoms with E-state index in [0.29, 0.717) is 19.0 Å². The molecule has 2 fully saturated rings. The fraction of sp³-hybridized carbons (Fsp3) is 0.667.